The van der Waals surface area contributed by atoms with Crippen LogP contribution in [-0.2, 0) is 4.79 Å². The SMILES string of the molecule is Cc1ccc(NC(=O)C(C)(N)C2CC2)cc1C(=O)O. The Morgan fingerprint density at radius 1 is 1.42 bits per heavy atom. The molecule has 5 nitrogen and oxygen atoms in total. The van der Waals surface area contributed by atoms with E-state index in [9.17, 15) is 9.59 Å². The van der Waals surface area contributed by atoms with E-state index in [4.69, 9.17) is 10.8 Å². The van der Waals surface area contributed by atoms with Crippen LogP contribution in [0.1, 0.15) is 35.7 Å². The van der Waals surface area contributed by atoms with Gasteiger partial charge in [-0.3, -0.25) is 4.79 Å². The number of hydrogen-bond acceptors (Lipinski definition) is 3. The Hall–Kier alpha value is -1.88. The predicted molar refractivity (Wildman–Crippen MR) is 72.1 cm³/mol. The van der Waals surface area contributed by atoms with Gasteiger partial charge in [0.15, 0.2) is 0 Å². The fourth-order valence-corrected chi connectivity index (χ4v) is 2.06. The van der Waals surface area contributed by atoms with E-state index in [1.807, 2.05) is 0 Å². The van der Waals surface area contributed by atoms with Gasteiger partial charge in [-0.15, -0.1) is 0 Å². The van der Waals surface area contributed by atoms with Crippen molar-refractivity contribution in [3.63, 3.8) is 0 Å². The van der Waals surface area contributed by atoms with E-state index in [2.05, 4.69) is 5.32 Å². The van der Waals surface area contributed by atoms with Gasteiger partial charge in [0, 0.05) is 5.69 Å². The summed E-state index contributed by atoms with van der Waals surface area (Å²) in [7, 11) is 0. The molecule has 4 N–H and O–H groups in total. The molecule has 0 aromatic heterocycles. The summed E-state index contributed by atoms with van der Waals surface area (Å²) in [5, 5.41) is 11.7. The number of nitrogens with one attached hydrogen (secondary N) is 1. The maximum absolute atomic E-state index is 12.1. The Bertz CT molecular complexity index is 533. The number of amides is 1. The van der Waals surface area contributed by atoms with Gasteiger partial charge >= 0.3 is 5.97 Å². The van der Waals surface area contributed by atoms with Gasteiger partial charge in [-0.1, -0.05) is 6.07 Å². The average molecular weight is 262 g/mol. The van der Waals surface area contributed by atoms with E-state index < -0.39 is 11.5 Å². The van der Waals surface area contributed by atoms with Crippen LogP contribution in [0.3, 0.4) is 0 Å². The largest absolute Gasteiger partial charge is 0.478 e. The first kappa shape index (κ1) is 13.5. The topological polar surface area (TPSA) is 92.4 Å². The molecule has 0 aliphatic heterocycles. The third-order valence-electron chi connectivity index (χ3n) is 3.64. The zero-order chi connectivity index (χ0) is 14.2. The monoisotopic (exact) mass is 262 g/mol. The van der Waals surface area contributed by atoms with Gasteiger partial charge in [-0.25, -0.2) is 4.79 Å². The minimum atomic E-state index is -1.01. The number of nitrogens with two attached hydrogens (primary N) is 1. The molecule has 2 rings (SSSR count). The fraction of sp³-hybridized carbons (Fsp3) is 0.429. The molecule has 19 heavy (non-hydrogen) atoms. The normalized spacial score (nSPS) is 17.6. The number of aromatic carboxylic acids is 1. The van der Waals surface area contributed by atoms with Crippen LogP contribution in [0.15, 0.2) is 18.2 Å². The minimum Gasteiger partial charge on any atom is -0.478 e. The Morgan fingerprint density at radius 3 is 2.58 bits per heavy atom. The first-order valence-corrected chi connectivity index (χ1v) is 6.26. The molecule has 0 heterocycles. The smallest absolute Gasteiger partial charge is 0.336 e. The summed E-state index contributed by atoms with van der Waals surface area (Å²) in [5.41, 5.74) is 6.42. The van der Waals surface area contributed by atoms with Crippen molar-refractivity contribution in [1.29, 1.82) is 0 Å². The summed E-state index contributed by atoms with van der Waals surface area (Å²) >= 11 is 0. The molecule has 1 fully saturated rings. The van der Waals surface area contributed by atoms with Crippen molar-refractivity contribution in [2.24, 2.45) is 11.7 Å². The number of carboxylic acid groups (broad SMARTS) is 1. The van der Waals surface area contributed by atoms with E-state index in [0.717, 1.165) is 12.8 Å². The molecule has 102 valence electrons. The summed E-state index contributed by atoms with van der Waals surface area (Å²) in [6, 6.07) is 4.81. The molecule has 1 unspecified atom stereocenters. The van der Waals surface area contributed by atoms with E-state index >= 15 is 0 Å². The van der Waals surface area contributed by atoms with Crippen LogP contribution in [0, 0.1) is 12.8 Å². The van der Waals surface area contributed by atoms with Gasteiger partial charge in [0.05, 0.1) is 11.1 Å². The van der Waals surface area contributed by atoms with Gasteiger partial charge in [0.1, 0.15) is 0 Å². The van der Waals surface area contributed by atoms with E-state index in [0.29, 0.717) is 11.3 Å². The standard InChI is InChI=1S/C14H18N2O3/c1-8-3-6-10(7-11(8)12(17)18)16-13(19)14(2,15)9-4-5-9/h3,6-7,9H,4-5,15H2,1-2H3,(H,16,19)(H,17,18). The molecular weight excluding hydrogens is 244 g/mol. The maximum atomic E-state index is 12.1. The lowest BCUT2D eigenvalue weighted by atomic mass is 9.96. The van der Waals surface area contributed by atoms with Crippen molar-refractivity contribution in [3.8, 4) is 0 Å². The highest BCUT2D eigenvalue weighted by Crippen LogP contribution is 2.38. The second-order valence-electron chi connectivity index (χ2n) is 5.35. The van der Waals surface area contributed by atoms with Gasteiger partial charge in [0.2, 0.25) is 5.91 Å². The number of carbonyl (C=O) groups excluding carboxylic acids is 1. The zero-order valence-corrected chi connectivity index (χ0v) is 11.1. The molecule has 1 aromatic rings. The lowest BCUT2D eigenvalue weighted by molar-refractivity contribution is -0.121. The number of carboxylic acids is 1. The summed E-state index contributed by atoms with van der Waals surface area (Å²) in [4.78, 5) is 23.1. The summed E-state index contributed by atoms with van der Waals surface area (Å²) in [6.45, 7) is 3.43. The van der Waals surface area contributed by atoms with Crippen LogP contribution in [0.25, 0.3) is 0 Å². The number of anilines is 1. The lowest BCUT2D eigenvalue weighted by Crippen LogP contribution is -2.50. The second kappa shape index (κ2) is 4.66. The van der Waals surface area contributed by atoms with Gasteiger partial charge in [0.25, 0.3) is 0 Å². The molecular formula is C14H18N2O3. The van der Waals surface area contributed by atoms with E-state index in [1.165, 1.54) is 6.07 Å². The average Bonchev–Trinajstić information content (AvgIpc) is 3.15. The Morgan fingerprint density at radius 2 is 2.05 bits per heavy atom. The van der Waals surface area contributed by atoms with Gasteiger partial charge < -0.3 is 16.2 Å². The number of hydrogen-bond donors (Lipinski definition) is 3. The second-order valence-corrected chi connectivity index (χ2v) is 5.35. The molecule has 0 bridgehead atoms. The summed E-state index contributed by atoms with van der Waals surface area (Å²) in [5.74, 6) is -1.06. The Labute approximate surface area is 111 Å². The molecule has 0 radical (unpaired) electrons. The zero-order valence-electron chi connectivity index (χ0n) is 11.1. The molecule has 1 saturated carbocycles. The highest BCUT2D eigenvalue weighted by molar-refractivity contribution is 5.99. The van der Waals surface area contributed by atoms with Gasteiger partial charge in [-0.2, -0.15) is 0 Å². The van der Waals surface area contributed by atoms with Crippen LogP contribution in [-0.4, -0.2) is 22.5 Å². The molecule has 1 aromatic carbocycles. The predicted octanol–water partition coefficient (Wildman–Crippen LogP) is 1.76. The molecule has 0 saturated heterocycles. The van der Waals surface area contributed by atoms with E-state index in [1.54, 1.807) is 26.0 Å². The molecule has 1 aliphatic rings. The lowest BCUT2D eigenvalue weighted by Gasteiger charge is -2.23. The number of carbonyl (C=O) groups is 2. The quantitative estimate of drug-likeness (QED) is 0.770. The van der Waals surface area contributed by atoms with Crippen molar-refractivity contribution in [2.45, 2.75) is 32.2 Å². The third-order valence-corrected chi connectivity index (χ3v) is 3.64. The fourth-order valence-electron chi connectivity index (χ4n) is 2.06. The first-order chi connectivity index (χ1) is 8.82. The molecule has 1 aliphatic carbocycles. The van der Waals surface area contributed by atoms with Crippen molar-refractivity contribution in [1.82, 2.24) is 0 Å². The molecule has 0 spiro atoms. The van der Waals surface area contributed by atoms with Crippen molar-refractivity contribution < 1.29 is 14.7 Å². The molecule has 1 atom stereocenters. The van der Waals surface area contributed by atoms with Crippen molar-refractivity contribution >= 4 is 17.6 Å². The first-order valence-electron chi connectivity index (χ1n) is 6.26. The Balaban J connectivity index is 2.17. The molecule has 5 heteroatoms. The highest BCUT2D eigenvalue weighted by Gasteiger charge is 2.44. The number of aryl methyl sites for hydroxylation is 1. The summed E-state index contributed by atoms with van der Waals surface area (Å²) < 4.78 is 0. The maximum Gasteiger partial charge on any atom is 0.336 e. The number of benzene rings is 1. The van der Waals surface area contributed by atoms with Crippen LogP contribution < -0.4 is 11.1 Å². The van der Waals surface area contributed by atoms with Crippen LogP contribution in [0.4, 0.5) is 5.69 Å². The van der Waals surface area contributed by atoms with Crippen molar-refractivity contribution in [3.05, 3.63) is 29.3 Å². The molecule has 1 amide bonds. The number of rotatable bonds is 4. The van der Waals surface area contributed by atoms with Crippen molar-refractivity contribution in [2.75, 3.05) is 5.32 Å². The van der Waals surface area contributed by atoms with E-state index in [-0.39, 0.29) is 17.4 Å². The van der Waals surface area contributed by atoms with Crippen LogP contribution >= 0.6 is 0 Å². The van der Waals surface area contributed by atoms with Gasteiger partial charge in [-0.05, 0) is 50.3 Å². The minimum absolute atomic E-state index is 0.183. The summed E-state index contributed by atoms with van der Waals surface area (Å²) in [6.07, 6.45) is 1.93. The highest BCUT2D eigenvalue weighted by atomic mass is 16.4. The van der Waals surface area contributed by atoms with Crippen LogP contribution in [0.2, 0.25) is 0 Å². The Kier molecular flexibility index (Phi) is 3.32. The third kappa shape index (κ3) is 2.76. The van der Waals surface area contributed by atoms with Crippen LogP contribution in [0.5, 0.6) is 0 Å².